The zero-order valence-corrected chi connectivity index (χ0v) is 11.4. The lowest BCUT2D eigenvalue weighted by Gasteiger charge is -2.39. The van der Waals surface area contributed by atoms with Gasteiger partial charge in [0.25, 0.3) is 0 Å². The van der Waals surface area contributed by atoms with Crippen LogP contribution < -0.4 is 5.32 Å². The zero-order chi connectivity index (χ0) is 14.0. The van der Waals surface area contributed by atoms with Crippen LogP contribution in [0.4, 0.5) is 8.78 Å². The molecule has 0 amide bonds. The molecule has 1 heterocycles. The standard InChI is InChI=1S/C15H21F2NO/c1-3-10-7-8-18-13(9-10)15(2,19)11-5-4-6-12(16)14(11)17/h4-6,10,13,18-19H,3,7-9H2,1-2H3. The average molecular weight is 269 g/mol. The van der Waals surface area contributed by atoms with Gasteiger partial charge in [0.05, 0.1) is 0 Å². The fraction of sp³-hybridized carbons (Fsp3) is 0.600. The minimum absolute atomic E-state index is 0.0294. The maximum atomic E-state index is 13.9. The molecule has 1 aromatic rings. The van der Waals surface area contributed by atoms with Gasteiger partial charge in [-0.15, -0.1) is 0 Å². The first-order valence-electron chi connectivity index (χ1n) is 6.87. The molecule has 2 nitrogen and oxygen atoms in total. The van der Waals surface area contributed by atoms with Crippen molar-refractivity contribution in [2.75, 3.05) is 6.54 Å². The van der Waals surface area contributed by atoms with Crippen LogP contribution in [0, 0.1) is 17.6 Å². The van der Waals surface area contributed by atoms with Crippen molar-refractivity contribution in [1.82, 2.24) is 5.32 Å². The molecule has 0 aliphatic carbocycles. The van der Waals surface area contributed by atoms with Crippen molar-refractivity contribution in [3.8, 4) is 0 Å². The smallest absolute Gasteiger partial charge is 0.164 e. The van der Waals surface area contributed by atoms with Gasteiger partial charge in [0, 0.05) is 11.6 Å². The van der Waals surface area contributed by atoms with E-state index in [1.807, 2.05) is 0 Å². The second kappa shape index (κ2) is 5.55. The molecule has 0 aromatic heterocycles. The van der Waals surface area contributed by atoms with Gasteiger partial charge in [-0.05, 0) is 38.3 Å². The van der Waals surface area contributed by atoms with Crippen molar-refractivity contribution < 1.29 is 13.9 Å². The van der Waals surface area contributed by atoms with Gasteiger partial charge in [0.15, 0.2) is 11.6 Å². The summed E-state index contributed by atoms with van der Waals surface area (Å²) >= 11 is 0. The Morgan fingerprint density at radius 3 is 2.84 bits per heavy atom. The molecule has 1 saturated heterocycles. The Hall–Kier alpha value is -1.00. The second-order valence-electron chi connectivity index (χ2n) is 5.55. The quantitative estimate of drug-likeness (QED) is 0.884. The van der Waals surface area contributed by atoms with Gasteiger partial charge in [-0.25, -0.2) is 8.78 Å². The summed E-state index contributed by atoms with van der Waals surface area (Å²) < 4.78 is 27.2. The first-order valence-corrected chi connectivity index (χ1v) is 6.87. The Morgan fingerprint density at radius 2 is 2.16 bits per heavy atom. The highest BCUT2D eigenvalue weighted by Crippen LogP contribution is 2.34. The summed E-state index contributed by atoms with van der Waals surface area (Å²) in [6, 6.07) is 3.71. The largest absolute Gasteiger partial charge is 0.384 e. The number of benzene rings is 1. The molecule has 0 saturated carbocycles. The molecular formula is C15H21F2NO. The van der Waals surface area contributed by atoms with Crippen LogP contribution >= 0.6 is 0 Å². The summed E-state index contributed by atoms with van der Waals surface area (Å²) in [4.78, 5) is 0. The van der Waals surface area contributed by atoms with E-state index >= 15 is 0 Å². The molecule has 1 aromatic carbocycles. The predicted molar refractivity (Wildman–Crippen MR) is 70.7 cm³/mol. The first-order chi connectivity index (χ1) is 8.96. The Labute approximate surface area is 112 Å². The monoisotopic (exact) mass is 269 g/mol. The molecule has 0 bridgehead atoms. The van der Waals surface area contributed by atoms with E-state index in [4.69, 9.17) is 0 Å². The SMILES string of the molecule is CCC1CCNC(C(C)(O)c2cccc(F)c2F)C1. The number of aliphatic hydroxyl groups is 1. The highest BCUT2D eigenvalue weighted by Gasteiger charge is 2.39. The lowest BCUT2D eigenvalue weighted by molar-refractivity contribution is -0.00644. The highest BCUT2D eigenvalue weighted by atomic mass is 19.2. The van der Waals surface area contributed by atoms with Crippen molar-refractivity contribution in [1.29, 1.82) is 0 Å². The van der Waals surface area contributed by atoms with Gasteiger partial charge in [-0.1, -0.05) is 25.5 Å². The summed E-state index contributed by atoms with van der Waals surface area (Å²) in [5.41, 5.74) is -1.37. The Balaban J connectivity index is 2.28. The van der Waals surface area contributed by atoms with Gasteiger partial charge in [-0.2, -0.15) is 0 Å². The highest BCUT2D eigenvalue weighted by molar-refractivity contribution is 5.27. The molecule has 3 unspecified atom stereocenters. The number of nitrogens with one attached hydrogen (secondary N) is 1. The summed E-state index contributed by atoms with van der Waals surface area (Å²) in [6.45, 7) is 4.47. The van der Waals surface area contributed by atoms with E-state index in [1.165, 1.54) is 12.1 Å². The fourth-order valence-electron chi connectivity index (χ4n) is 2.88. The van der Waals surface area contributed by atoms with E-state index in [0.29, 0.717) is 5.92 Å². The van der Waals surface area contributed by atoms with Crippen LogP contribution in [0.5, 0.6) is 0 Å². The van der Waals surface area contributed by atoms with Crippen molar-refractivity contribution >= 4 is 0 Å². The third kappa shape index (κ3) is 2.79. The summed E-state index contributed by atoms with van der Waals surface area (Å²) in [7, 11) is 0. The maximum absolute atomic E-state index is 13.9. The number of piperidine rings is 1. The molecule has 4 heteroatoms. The van der Waals surface area contributed by atoms with Crippen molar-refractivity contribution in [2.24, 2.45) is 5.92 Å². The van der Waals surface area contributed by atoms with E-state index in [9.17, 15) is 13.9 Å². The van der Waals surface area contributed by atoms with Crippen molar-refractivity contribution in [3.05, 3.63) is 35.4 Å². The molecule has 1 fully saturated rings. The van der Waals surface area contributed by atoms with Crippen molar-refractivity contribution in [2.45, 2.75) is 44.8 Å². The van der Waals surface area contributed by atoms with Crippen LogP contribution in [-0.2, 0) is 5.60 Å². The van der Waals surface area contributed by atoms with Crippen molar-refractivity contribution in [3.63, 3.8) is 0 Å². The normalized spacial score (nSPS) is 27.0. The van der Waals surface area contributed by atoms with Crippen LogP contribution in [0.2, 0.25) is 0 Å². The lowest BCUT2D eigenvalue weighted by Crippen LogP contribution is -2.51. The zero-order valence-electron chi connectivity index (χ0n) is 11.4. The Kier molecular flexibility index (Phi) is 4.21. The summed E-state index contributed by atoms with van der Waals surface area (Å²) in [5.74, 6) is -1.34. The Bertz CT molecular complexity index is 448. The van der Waals surface area contributed by atoms with Gasteiger partial charge >= 0.3 is 0 Å². The van der Waals surface area contributed by atoms with Gasteiger partial charge in [0.1, 0.15) is 5.60 Å². The van der Waals surface area contributed by atoms with E-state index in [-0.39, 0.29) is 11.6 Å². The van der Waals surface area contributed by atoms with Crippen LogP contribution in [0.1, 0.15) is 38.7 Å². The molecule has 19 heavy (non-hydrogen) atoms. The molecule has 0 spiro atoms. The fourth-order valence-corrected chi connectivity index (χ4v) is 2.88. The summed E-state index contributed by atoms with van der Waals surface area (Å²) in [6.07, 6.45) is 2.88. The molecule has 1 aliphatic rings. The molecule has 1 aliphatic heterocycles. The van der Waals surface area contributed by atoms with E-state index < -0.39 is 17.2 Å². The molecule has 3 atom stereocenters. The first kappa shape index (κ1) is 14.4. The van der Waals surface area contributed by atoms with Crippen LogP contribution in [-0.4, -0.2) is 17.7 Å². The number of halogens is 2. The minimum Gasteiger partial charge on any atom is -0.384 e. The molecule has 2 rings (SSSR count). The van der Waals surface area contributed by atoms with Crippen LogP contribution in [0.15, 0.2) is 18.2 Å². The topological polar surface area (TPSA) is 32.3 Å². The average Bonchev–Trinajstić information content (AvgIpc) is 2.41. The van der Waals surface area contributed by atoms with Crippen LogP contribution in [0.25, 0.3) is 0 Å². The molecule has 0 radical (unpaired) electrons. The third-order valence-electron chi connectivity index (χ3n) is 4.27. The maximum Gasteiger partial charge on any atom is 0.164 e. The predicted octanol–water partition coefficient (Wildman–Crippen LogP) is 2.95. The number of hydrogen-bond acceptors (Lipinski definition) is 2. The van der Waals surface area contributed by atoms with Gasteiger partial charge in [-0.3, -0.25) is 0 Å². The minimum atomic E-state index is -1.40. The summed E-state index contributed by atoms with van der Waals surface area (Å²) in [5, 5.41) is 13.9. The molecular weight excluding hydrogens is 248 g/mol. The van der Waals surface area contributed by atoms with Gasteiger partial charge in [0.2, 0.25) is 0 Å². The van der Waals surface area contributed by atoms with Gasteiger partial charge < -0.3 is 10.4 Å². The van der Waals surface area contributed by atoms with Crippen LogP contribution in [0.3, 0.4) is 0 Å². The molecule has 106 valence electrons. The lowest BCUT2D eigenvalue weighted by atomic mass is 9.79. The number of rotatable bonds is 3. The van der Waals surface area contributed by atoms with E-state index in [0.717, 1.165) is 31.9 Å². The molecule has 2 N–H and O–H groups in total. The van der Waals surface area contributed by atoms with E-state index in [2.05, 4.69) is 12.2 Å². The van der Waals surface area contributed by atoms with E-state index in [1.54, 1.807) is 6.92 Å². The third-order valence-corrected chi connectivity index (χ3v) is 4.27. The Morgan fingerprint density at radius 1 is 1.42 bits per heavy atom. The second-order valence-corrected chi connectivity index (χ2v) is 5.55. The number of hydrogen-bond donors (Lipinski definition) is 2.